The largest absolute Gasteiger partial charge is 0.481 e. The summed E-state index contributed by atoms with van der Waals surface area (Å²) in [4.78, 5) is 21.2. The van der Waals surface area contributed by atoms with E-state index in [9.17, 15) is 4.39 Å². The molecule has 1 aliphatic rings. The van der Waals surface area contributed by atoms with Crippen LogP contribution in [0.5, 0.6) is 5.88 Å². The van der Waals surface area contributed by atoms with Crippen LogP contribution in [0.2, 0.25) is 0 Å². The van der Waals surface area contributed by atoms with Crippen LogP contribution in [-0.4, -0.2) is 32.1 Å². The molecule has 1 aliphatic carbocycles. The number of carboxylic acids is 1. The van der Waals surface area contributed by atoms with Gasteiger partial charge in [-0.3, -0.25) is 4.79 Å². The number of imidazole rings is 1. The van der Waals surface area contributed by atoms with Gasteiger partial charge in [-0.1, -0.05) is 24.6 Å². The molecular weight excluding hydrogens is 433 g/mol. The molecule has 34 heavy (non-hydrogen) atoms. The number of H-pyrrole nitrogens is 1. The SMILES string of the molecule is CC(=O)O.Cc1cccc2[nH]c(-c3ccc(-c4ccc(OC5CCCCC5)nc4)cc3F)nc12. The predicted octanol–water partition coefficient (Wildman–Crippen LogP) is 6.54. The molecular formula is C27H28FN3O3. The minimum Gasteiger partial charge on any atom is -0.481 e. The third-order valence-electron chi connectivity index (χ3n) is 5.85. The van der Waals surface area contributed by atoms with Crippen molar-refractivity contribution in [2.45, 2.75) is 52.1 Å². The molecule has 7 heteroatoms. The van der Waals surface area contributed by atoms with Gasteiger partial charge < -0.3 is 14.8 Å². The lowest BCUT2D eigenvalue weighted by molar-refractivity contribution is -0.134. The Bertz CT molecular complexity index is 1270. The highest BCUT2D eigenvalue weighted by Crippen LogP contribution is 2.29. The summed E-state index contributed by atoms with van der Waals surface area (Å²) in [5, 5.41) is 7.42. The van der Waals surface area contributed by atoms with Gasteiger partial charge in [0.2, 0.25) is 5.88 Å². The first-order chi connectivity index (χ1) is 16.4. The zero-order chi connectivity index (χ0) is 24.1. The minimum atomic E-state index is -0.833. The summed E-state index contributed by atoms with van der Waals surface area (Å²) in [6.07, 6.45) is 7.94. The van der Waals surface area contributed by atoms with Gasteiger partial charge in [-0.05, 0) is 68.0 Å². The summed E-state index contributed by atoms with van der Waals surface area (Å²) < 4.78 is 20.9. The maximum atomic E-state index is 14.9. The van der Waals surface area contributed by atoms with Crippen molar-refractivity contribution in [3.63, 3.8) is 0 Å². The third kappa shape index (κ3) is 5.60. The molecule has 0 radical (unpaired) electrons. The fraction of sp³-hybridized carbons (Fsp3) is 0.296. The maximum Gasteiger partial charge on any atom is 0.300 e. The van der Waals surface area contributed by atoms with Gasteiger partial charge in [0.15, 0.2) is 0 Å². The summed E-state index contributed by atoms with van der Waals surface area (Å²) in [6, 6.07) is 14.9. The highest BCUT2D eigenvalue weighted by molar-refractivity contribution is 5.82. The van der Waals surface area contributed by atoms with Crippen molar-refractivity contribution in [1.29, 1.82) is 0 Å². The first-order valence-electron chi connectivity index (χ1n) is 11.5. The molecule has 4 aromatic rings. The number of benzene rings is 2. The van der Waals surface area contributed by atoms with Crippen molar-refractivity contribution < 1.29 is 19.0 Å². The van der Waals surface area contributed by atoms with Crippen LogP contribution in [0.1, 0.15) is 44.6 Å². The highest BCUT2D eigenvalue weighted by Gasteiger charge is 2.16. The van der Waals surface area contributed by atoms with Gasteiger partial charge in [0.05, 0.1) is 16.6 Å². The number of aromatic nitrogens is 3. The first kappa shape index (κ1) is 23.4. The number of para-hydroxylation sites is 1. The number of halogens is 1. The number of aryl methyl sites for hydroxylation is 1. The van der Waals surface area contributed by atoms with Gasteiger partial charge >= 0.3 is 0 Å². The first-order valence-corrected chi connectivity index (χ1v) is 11.5. The number of fused-ring (bicyclic) bond motifs is 1. The van der Waals surface area contributed by atoms with Gasteiger partial charge in [-0.25, -0.2) is 14.4 Å². The molecule has 2 aromatic carbocycles. The molecule has 2 heterocycles. The summed E-state index contributed by atoms with van der Waals surface area (Å²) in [6.45, 7) is 3.08. The zero-order valence-corrected chi connectivity index (χ0v) is 19.3. The van der Waals surface area contributed by atoms with Crippen molar-refractivity contribution in [1.82, 2.24) is 15.0 Å². The van der Waals surface area contributed by atoms with Crippen LogP contribution in [0, 0.1) is 12.7 Å². The van der Waals surface area contributed by atoms with Crippen LogP contribution in [0.4, 0.5) is 4.39 Å². The van der Waals surface area contributed by atoms with E-state index in [-0.39, 0.29) is 11.9 Å². The second-order valence-corrected chi connectivity index (χ2v) is 8.53. The van der Waals surface area contributed by atoms with Crippen molar-refractivity contribution in [2.24, 2.45) is 0 Å². The van der Waals surface area contributed by atoms with E-state index in [0.29, 0.717) is 17.3 Å². The zero-order valence-electron chi connectivity index (χ0n) is 19.3. The molecule has 6 nitrogen and oxygen atoms in total. The molecule has 0 spiro atoms. The van der Waals surface area contributed by atoms with Crippen molar-refractivity contribution >= 4 is 17.0 Å². The van der Waals surface area contributed by atoms with Crippen molar-refractivity contribution in [2.75, 3.05) is 0 Å². The summed E-state index contributed by atoms with van der Waals surface area (Å²) in [5.74, 6) is 0.0323. The molecule has 176 valence electrons. The van der Waals surface area contributed by atoms with Crippen LogP contribution in [-0.2, 0) is 4.79 Å². The fourth-order valence-electron chi connectivity index (χ4n) is 4.16. The second kappa shape index (κ2) is 10.5. The molecule has 2 N–H and O–H groups in total. The standard InChI is InChI=1S/C25H24FN3O.C2H4O2/c1-16-6-5-9-22-24(16)29-25(28-22)20-12-10-17(14-21(20)26)18-11-13-23(27-15-18)30-19-7-3-2-4-8-19;1-2(3)4/h5-6,9-15,19H,2-4,7-8H2,1H3,(H,28,29);1H3,(H,3,4). The van der Waals surface area contributed by atoms with E-state index in [2.05, 4.69) is 15.0 Å². The fourth-order valence-corrected chi connectivity index (χ4v) is 4.16. The minimum absolute atomic E-state index is 0.265. The number of pyridine rings is 1. The number of carboxylic acid groups (broad SMARTS) is 1. The molecule has 0 bridgehead atoms. The number of hydrogen-bond acceptors (Lipinski definition) is 4. The van der Waals surface area contributed by atoms with E-state index < -0.39 is 5.97 Å². The normalized spacial score (nSPS) is 13.9. The Morgan fingerprint density at radius 1 is 1.09 bits per heavy atom. The van der Waals surface area contributed by atoms with Gasteiger partial charge in [0, 0.05) is 24.8 Å². The second-order valence-electron chi connectivity index (χ2n) is 8.53. The van der Waals surface area contributed by atoms with E-state index in [1.54, 1.807) is 12.3 Å². The Morgan fingerprint density at radius 3 is 2.47 bits per heavy atom. The van der Waals surface area contributed by atoms with Gasteiger partial charge in [-0.15, -0.1) is 0 Å². The number of ether oxygens (including phenoxy) is 1. The smallest absolute Gasteiger partial charge is 0.300 e. The van der Waals surface area contributed by atoms with Gasteiger partial charge in [0.1, 0.15) is 17.7 Å². The summed E-state index contributed by atoms with van der Waals surface area (Å²) in [7, 11) is 0. The molecule has 0 saturated heterocycles. The molecule has 0 unspecified atom stereocenters. The van der Waals surface area contributed by atoms with Crippen molar-refractivity contribution in [3.8, 4) is 28.4 Å². The summed E-state index contributed by atoms with van der Waals surface area (Å²) in [5.41, 5.74) is 4.94. The number of aliphatic carboxylic acids is 1. The van der Waals surface area contributed by atoms with E-state index in [0.717, 1.165) is 47.5 Å². The highest BCUT2D eigenvalue weighted by atomic mass is 19.1. The number of nitrogens with one attached hydrogen (secondary N) is 1. The van der Waals surface area contributed by atoms with Crippen LogP contribution in [0.25, 0.3) is 33.5 Å². The lowest BCUT2D eigenvalue weighted by Crippen LogP contribution is -2.20. The molecule has 0 amide bonds. The van der Waals surface area contributed by atoms with Crippen LogP contribution >= 0.6 is 0 Å². The van der Waals surface area contributed by atoms with Crippen LogP contribution < -0.4 is 4.74 Å². The molecule has 1 saturated carbocycles. The number of carbonyl (C=O) groups is 1. The Kier molecular flexibility index (Phi) is 7.21. The average molecular weight is 462 g/mol. The van der Waals surface area contributed by atoms with Crippen LogP contribution in [0.15, 0.2) is 54.7 Å². The summed E-state index contributed by atoms with van der Waals surface area (Å²) >= 11 is 0. The lowest BCUT2D eigenvalue weighted by atomic mass is 9.98. The molecule has 5 rings (SSSR count). The maximum absolute atomic E-state index is 14.9. The number of hydrogen-bond donors (Lipinski definition) is 2. The molecule has 0 aliphatic heterocycles. The Hall–Kier alpha value is -3.74. The van der Waals surface area contributed by atoms with E-state index >= 15 is 0 Å². The van der Waals surface area contributed by atoms with Crippen LogP contribution in [0.3, 0.4) is 0 Å². The number of nitrogens with zero attached hydrogens (tertiary/aromatic N) is 2. The number of rotatable bonds is 4. The Morgan fingerprint density at radius 2 is 1.82 bits per heavy atom. The predicted molar refractivity (Wildman–Crippen MR) is 130 cm³/mol. The Balaban J connectivity index is 0.000000636. The third-order valence-corrected chi connectivity index (χ3v) is 5.85. The number of aromatic amines is 1. The molecule has 0 atom stereocenters. The molecule has 2 aromatic heterocycles. The van der Waals surface area contributed by atoms with E-state index in [1.807, 2.05) is 43.3 Å². The van der Waals surface area contributed by atoms with E-state index in [4.69, 9.17) is 14.6 Å². The topological polar surface area (TPSA) is 88.1 Å². The lowest BCUT2D eigenvalue weighted by Gasteiger charge is -2.22. The average Bonchev–Trinajstić information content (AvgIpc) is 3.25. The molecule has 1 fully saturated rings. The van der Waals surface area contributed by atoms with Gasteiger partial charge in [-0.2, -0.15) is 0 Å². The Labute approximate surface area is 197 Å². The quantitative estimate of drug-likeness (QED) is 0.360. The van der Waals surface area contributed by atoms with Crippen molar-refractivity contribution in [3.05, 3.63) is 66.1 Å². The van der Waals surface area contributed by atoms with Gasteiger partial charge in [0.25, 0.3) is 5.97 Å². The van der Waals surface area contributed by atoms with E-state index in [1.165, 1.54) is 25.3 Å². The monoisotopic (exact) mass is 461 g/mol.